The highest BCUT2D eigenvalue weighted by atomic mass is 32.2. The van der Waals surface area contributed by atoms with Crippen LogP contribution in [0.25, 0.3) is 0 Å². The van der Waals surface area contributed by atoms with Gasteiger partial charge in [0.15, 0.2) is 0 Å². The fraction of sp³-hybridized carbons (Fsp3) is 0.619. The van der Waals surface area contributed by atoms with Crippen molar-refractivity contribution >= 4 is 21.9 Å². The Labute approximate surface area is 178 Å². The zero-order chi connectivity index (χ0) is 21.7. The van der Waals surface area contributed by atoms with Gasteiger partial charge in [-0.25, -0.2) is 8.42 Å². The summed E-state index contributed by atoms with van der Waals surface area (Å²) >= 11 is 0. The number of hydrogen-bond donors (Lipinski definition) is 2. The molecule has 1 aromatic rings. The van der Waals surface area contributed by atoms with Gasteiger partial charge in [-0.1, -0.05) is 12.1 Å². The van der Waals surface area contributed by atoms with E-state index in [2.05, 4.69) is 10.6 Å². The van der Waals surface area contributed by atoms with Crippen LogP contribution in [0, 0.1) is 5.92 Å². The van der Waals surface area contributed by atoms with Crippen LogP contribution in [0.2, 0.25) is 0 Å². The first-order chi connectivity index (χ1) is 14.2. The zero-order valence-electron chi connectivity index (χ0n) is 17.6. The summed E-state index contributed by atoms with van der Waals surface area (Å²) in [7, 11) is -3.39. The van der Waals surface area contributed by atoms with Crippen molar-refractivity contribution in [3.8, 4) is 5.75 Å². The predicted molar refractivity (Wildman–Crippen MR) is 114 cm³/mol. The number of nitrogens with zero attached hydrogens (tertiary/aromatic N) is 1. The van der Waals surface area contributed by atoms with Crippen molar-refractivity contribution in [1.82, 2.24) is 14.9 Å². The van der Waals surface area contributed by atoms with Crippen molar-refractivity contribution in [2.75, 3.05) is 25.9 Å². The van der Waals surface area contributed by atoms with Crippen molar-refractivity contribution in [1.29, 1.82) is 0 Å². The van der Waals surface area contributed by atoms with Gasteiger partial charge in [0.25, 0.3) is 0 Å². The molecule has 2 atom stereocenters. The lowest BCUT2D eigenvalue weighted by molar-refractivity contribution is -0.139. The summed E-state index contributed by atoms with van der Waals surface area (Å²) in [5, 5.41) is 6.16. The van der Waals surface area contributed by atoms with Gasteiger partial charge in [-0.3, -0.25) is 9.59 Å². The fourth-order valence-electron chi connectivity index (χ4n) is 4.09. The molecule has 0 aromatic heterocycles. The first-order valence-electron chi connectivity index (χ1n) is 10.5. The van der Waals surface area contributed by atoms with Crippen LogP contribution in [0.4, 0.5) is 0 Å². The summed E-state index contributed by atoms with van der Waals surface area (Å²) in [6, 6.07) is 6.52. The van der Waals surface area contributed by atoms with Crippen LogP contribution >= 0.6 is 0 Å². The van der Waals surface area contributed by atoms with E-state index in [0.29, 0.717) is 31.6 Å². The summed E-state index contributed by atoms with van der Waals surface area (Å²) in [5.74, 6) is 0.0341. The summed E-state index contributed by atoms with van der Waals surface area (Å²) in [4.78, 5) is 24.8. The van der Waals surface area contributed by atoms with Gasteiger partial charge in [0, 0.05) is 12.6 Å². The maximum Gasteiger partial charge on any atom is 0.314 e. The van der Waals surface area contributed by atoms with Gasteiger partial charge in [-0.15, -0.1) is 0 Å². The van der Waals surface area contributed by atoms with Crippen LogP contribution in [0.15, 0.2) is 24.3 Å². The van der Waals surface area contributed by atoms with E-state index >= 15 is 0 Å². The Hall–Kier alpha value is -1.97. The van der Waals surface area contributed by atoms with E-state index in [0.717, 1.165) is 37.8 Å². The van der Waals surface area contributed by atoms with Gasteiger partial charge in [0.05, 0.1) is 12.2 Å². The minimum absolute atomic E-state index is 0.0525. The number of hydrogen-bond acceptors (Lipinski definition) is 6. The second kappa shape index (κ2) is 9.89. The zero-order valence-corrected chi connectivity index (χ0v) is 18.4. The van der Waals surface area contributed by atoms with E-state index in [1.54, 1.807) is 12.1 Å². The number of amides is 1. The van der Waals surface area contributed by atoms with E-state index in [-0.39, 0.29) is 23.8 Å². The Morgan fingerprint density at radius 1 is 1.20 bits per heavy atom. The van der Waals surface area contributed by atoms with E-state index in [4.69, 9.17) is 4.74 Å². The molecule has 2 unspecified atom stereocenters. The first kappa shape index (κ1) is 22.7. The molecule has 3 rings (SSSR count). The molecule has 2 aliphatic heterocycles. The Balaban J connectivity index is 1.50. The minimum Gasteiger partial charge on any atom is -0.426 e. The number of benzene rings is 1. The lowest BCUT2D eigenvalue weighted by Crippen LogP contribution is -2.48. The normalized spacial score (nSPS) is 21.9. The molecular weight excluding hydrogens is 406 g/mol. The van der Waals surface area contributed by atoms with Crippen LogP contribution in [0.3, 0.4) is 0 Å². The van der Waals surface area contributed by atoms with Crippen molar-refractivity contribution in [3.63, 3.8) is 0 Å². The number of esters is 1. The minimum atomic E-state index is -3.39. The lowest BCUT2D eigenvalue weighted by atomic mass is 9.98. The van der Waals surface area contributed by atoms with Gasteiger partial charge in [0.2, 0.25) is 15.9 Å². The van der Waals surface area contributed by atoms with E-state index in [9.17, 15) is 18.0 Å². The third kappa shape index (κ3) is 6.02. The molecule has 30 heavy (non-hydrogen) atoms. The molecule has 8 nitrogen and oxygen atoms in total. The molecule has 0 spiro atoms. The number of carbonyl (C=O) groups is 2. The van der Waals surface area contributed by atoms with Gasteiger partial charge in [-0.2, -0.15) is 4.31 Å². The Morgan fingerprint density at radius 2 is 1.87 bits per heavy atom. The molecule has 1 aromatic carbocycles. The number of nitrogens with one attached hydrogen (secondary N) is 2. The number of carbonyl (C=O) groups excluding carboxylic acids is 2. The summed E-state index contributed by atoms with van der Waals surface area (Å²) in [6.07, 6.45) is 4.57. The second-order valence-electron chi connectivity index (χ2n) is 8.23. The third-order valence-corrected chi connectivity index (χ3v) is 6.97. The SMILES string of the molecule is CC(Cc1ccc(OC(=O)C2CCNCC2)cc1)NC(=O)C1CCCN1S(C)(=O)=O. The van der Waals surface area contributed by atoms with Crippen molar-refractivity contribution < 1.29 is 22.7 Å². The average Bonchev–Trinajstić information content (AvgIpc) is 3.21. The topological polar surface area (TPSA) is 105 Å². The molecule has 0 aliphatic carbocycles. The highest BCUT2D eigenvalue weighted by molar-refractivity contribution is 7.88. The predicted octanol–water partition coefficient (Wildman–Crippen LogP) is 1.06. The molecule has 2 N–H and O–H groups in total. The standard InChI is InChI=1S/C21H31N3O5S/c1-15(23-20(25)19-4-3-13-24(19)30(2,27)28)14-16-5-7-18(8-6-16)29-21(26)17-9-11-22-12-10-17/h5-8,15,17,19,22H,3-4,9-14H2,1-2H3,(H,23,25). The van der Waals surface area contributed by atoms with Crippen LogP contribution in [0.1, 0.15) is 38.2 Å². The maximum absolute atomic E-state index is 12.5. The smallest absolute Gasteiger partial charge is 0.314 e. The Morgan fingerprint density at radius 3 is 2.50 bits per heavy atom. The number of piperidine rings is 1. The van der Waals surface area contributed by atoms with Crippen LogP contribution in [0.5, 0.6) is 5.75 Å². The fourth-order valence-corrected chi connectivity index (χ4v) is 5.22. The quantitative estimate of drug-likeness (QED) is 0.488. The van der Waals surface area contributed by atoms with Crippen molar-refractivity contribution in [2.45, 2.75) is 51.1 Å². The van der Waals surface area contributed by atoms with Crippen molar-refractivity contribution in [2.24, 2.45) is 5.92 Å². The summed E-state index contributed by atoms with van der Waals surface area (Å²) in [5.41, 5.74) is 0.996. The maximum atomic E-state index is 12.5. The lowest BCUT2D eigenvalue weighted by Gasteiger charge is -2.23. The van der Waals surface area contributed by atoms with Gasteiger partial charge in [0.1, 0.15) is 11.8 Å². The van der Waals surface area contributed by atoms with Gasteiger partial charge >= 0.3 is 5.97 Å². The monoisotopic (exact) mass is 437 g/mol. The average molecular weight is 438 g/mol. The molecule has 2 heterocycles. The number of rotatable bonds is 7. The molecule has 1 amide bonds. The van der Waals surface area contributed by atoms with E-state index in [1.165, 1.54) is 4.31 Å². The van der Waals surface area contributed by atoms with Crippen LogP contribution < -0.4 is 15.4 Å². The van der Waals surface area contributed by atoms with E-state index in [1.807, 2.05) is 19.1 Å². The highest BCUT2D eigenvalue weighted by Crippen LogP contribution is 2.21. The summed E-state index contributed by atoms with van der Waals surface area (Å²) in [6.45, 7) is 3.96. The molecule has 0 radical (unpaired) electrons. The first-order valence-corrected chi connectivity index (χ1v) is 12.4. The van der Waals surface area contributed by atoms with E-state index < -0.39 is 16.1 Å². The van der Waals surface area contributed by atoms with Crippen LogP contribution in [-0.4, -0.2) is 62.6 Å². The molecular formula is C21H31N3O5S. The van der Waals surface area contributed by atoms with Crippen molar-refractivity contribution in [3.05, 3.63) is 29.8 Å². The van der Waals surface area contributed by atoms with Gasteiger partial charge in [-0.05, 0) is 69.8 Å². The molecule has 0 saturated carbocycles. The molecule has 2 fully saturated rings. The molecule has 2 aliphatic rings. The third-order valence-electron chi connectivity index (χ3n) is 5.68. The number of sulfonamides is 1. The summed E-state index contributed by atoms with van der Waals surface area (Å²) < 4.78 is 30.5. The molecule has 2 saturated heterocycles. The largest absolute Gasteiger partial charge is 0.426 e. The second-order valence-corrected chi connectivity index (χ2v) is 10.2. The highest BCUT2D eigenvalue weighted by Gasteiger charge is 2.36. The molecule has 9 heteroatoms. The Kier molecular flexibility index (Phi) is 7.49. The van der Waals surface area contributed by atoms with Crippen LogP contribution in [-0.2, 0) is 26.0 Å². The van der Waals surface area contributed by atoms with Gasteiger partial charge < -0.3 is 15.4 Å². The Bertz CT molecular complexity index is 850. The molecule has 166 valence electrons. The molecule has 0 bridgehead atoms. The number of ether oxygens (including phenoxy) is 1.